The van der Waals surface area contributed by atoms with Crippen molar-refractivity contribution >= 4 is 16.6 Å². The molecule has 66 valence electrons. The molecule has 0 radical (unpaired) electrons. The minimum absolute atomic E-state index is 0.0306. The van der Waals surface area contributed by atoms with E-state index in [4.69, 9.17) is 5.73 Å². The SMILES string of the molecule is Cc1cc(N)c(O)c2ncncc12. The van der Waals surface area contributed by atoms with Crippen molar-refractivity contribution in [3.05, 3.63) is 24.2 Å². The summed E-state index contributed by atoms with van der Waals surface area (Å²) in [5.74, 6) is 0.0306. The third-order valence-corrected chi connectivity index (χ3v) is 2.01. The van der Waals surface area contributed by atoms with Gasteiger partial charge in [0.1, 0.15) is 11.8 Å². The molecule has 0 saturated heterocycles. The highest BCUT2D eigenvalue weighted by Crippen LogP contribution is 2.30. The second-order valence-corrected chi connectivity index (χ2v) is 2.92. The Hall–Kier alpha value is -1.84. The quantitative estimate of drug-likeness (QED) is 0.466. The number of hydrogen-bond acceptors (Lipinski definition) is 4. The normalized spacial score (nSPS) is 10.5. The molecule has 0 aliphatic heterocycles. The predicted octanol–water partition coefficient (Wildman–Crippen LogP) is 1.23. The molecule has 0 aliphatic carbocycles. The Labute approximate surface area is 75.1 Å². The number of nitrogens with zero attached hydrogens (tertiary/aromatic N) is 2. The molecular formula is C9H9N3O. The van der Waals surface area contributed by atoms with Crippen LogP contribution in [0.1, 0.15) is 5.56 Å². The van der Waals surface area contributed by atoms with Gasteiger partial charge in [0.2, 0.25) is 0 Å². The maximum Gasteiger partial charge on any atom is 0.165 e. The number of phenols is 1. The van der Waals surface area contributed by atoms with E-state index < -0.39 is 0 Å². The number of anilines is 1. The summed E-state index contributed by atoms with van der Waals surface area (Å²) in [7, 11) is 0. The maximum absolute atomic E-state index is 9.57. The van der Waals surface area contributed by atoms with Crippen LogP contribution in [0.15, 0.2) is 18.6 Å². The zero-order chi connectivity index (χ0) is 9.42. The van der Waals surface area contributed by atoms with E-state index in [1.54, 1.807) is 12.3 Å². The summed E-state index contributed by atoms with van der Waals surface area (Å²) in [6.07, 6.45) is 3.05. The van der Waals surface area contributed by atoms with Gasteiger partial charge in [0.25, 0.3) is 0 Å². The minimum atomic E-state index is 0.0306. The molecule has 3 N–H and O–H groups in total. The van der Waals surface area contributed by atoms with Crippen LogP contribution < -0.4 is 5.73 Å². The molecule has 0 fully saturated rings. The number of nitrogen functional groups attached to an aromatic ring is 1. The molecule has 2 aromatic rings. The van der Waals surface area contributed by atoms with Crippen molar-refractivity contribution < 1.29 is 5.11 Å². The summed E-state index contributed by atoms with van der Waals surface area (Å²) in [4.78, 5) is 7.84. The van der Waals surface area contributed by atoms with E-state index in [-0.39, 0.29) is 5.75 Å². The highest BCUT2D eigenvalue weighted by molar-refractivity contribution is 5.91. The topological polar surface area (TPSA) is 72.0 Å². The van der Waals surface area contributed by atoms with E-state index in [1.165, 1.54) is 6.33 Å². The van der Waals surface area contributed by atoms with Crippen LogP contribution in [0.5, 0.6) is 5.75 Å². The fourth-order valence-corrected chi connectivity index (χ4v) is 1.32. The summed E-state index contributed by atoms with van der Waals surface area (Å²) in [5.41, 5.74) is 7.40. The van der Waals surface area contributed by atoms with Crippen molar-refractivity contribution in [3.63, 3.8) is 0 Å². The Balaban J connectivity index is 2.97. The summed E-state index contributed by atoms with van der Waals surface area (Å²) in [5, 5.41) is 10.4. The molecule has 0 aliphatic rings. The Kier molecular flexibility index (Phi) is 1.55. The van der Waals surface area contributed by atoms with Crippen LogP contribution in [-0.2, 0) is 0 Å². The van der Waals surface area contributed by atoms with Crippen molar-refractivity contribution in [2.45, 2.75) is 6.92 Å². The van der Waals surface area contributed by atoms with E-state index in [0.29, 0.717) is 11.2 Å². The predicted molar refractivity (Wildman–Crippen MR) is 50.4 cm³/mol. The van der Waals surface area contributed by atoms with E-state index in [0.717, 1.165) is 10.9 Å². The molecule has 0 unspecified atom stereocenters. The van der Waals surface area contributed by atoms with Gasteiger partial charge in [0, 0.05) is 11.6 Å². The number of aromatic hydroxyl groups is 1. The molecule has 0 bridgehead atoms. The van der Waals surface area contributed by atoms with Crippen molar-refractivity contribution in [3.8, 4) is 5.75 Å². The van der Waals surface area contributed by atoms with Crippen LogP contribution >= 0.6 is 0 Å². The molecule has 1 aromatic heterocycles. The van der Waals surface area contributed by atoms with Crippen molar-refractivity contribution in [1.29, 1.82) is 0 Å². The van der Waals surface area contributed by atoms with E-state index in [2.05, 4.69) is 9.97 Å². The lowest BCUT2D eigenvalue weighted by Gasteiger charge is -2.05. The maximum atomic E-state index is 9.57. The van der Waals surface area contributed by atoms with Gasteiger partial charge in [-0.2, -0.15) is 0 Å². The molecule has 0 spiro atoms. The van der Waals surface area contributed by atoms with Crippen molar-refractivity contribution in [2.24, 2.45) is 0 Å². The van der Waals surface area contributed by atoms with Gasteiger partial charge in [0.15, 0.2) is 5.75 Å². The smallest absolute Gasteiger partial charge is 0.165 e. The molecule has 0 amide bonds. The number of phenolic OH excluding ortho intramolecular Hbond substituents is 1. The Bertz CT molecular complexity index is 468. The lowest BCUT2D eigenvalue weighted by molar-refractivity contribution is 0.483. The van der Waals surface area contributed by atoms with Crippen LogP contribution in [0, 0.1) is 6.92 Å². The van der Waals surface area contributed by atoms with Crippen LogP contribution in [0.4, 0.5) is 5.69 Å². The number of nitrogens with two attached hydrogens (primary N) is 1. The average molecular weight is 175 g/mol. The highest BCUT2D eigenvalue weighted by atomic mass is 16.3. The number of aryl methyl sites for hydroxylation is 1. The zero-order valence-corrected chi connectivity index (χ0v) is 7.15. The Morgan fingerprint density at radius 3 is 3.00 bits per heavy atom. The number of benzene rings is 1. The second-order valence-electron chi connectivity index (χ2n) is 2.92. The first-order valence-corrected chi connectivity index (χ1v) is 3.88. The van der Waals surface area contributed by atoms with Crippen LogP contribution in [-0.4, -0.2) is 15.1 Å². The number of rotatable bonds is 0. The summed E-state index contributed by atoms with van der Waals surface area (Å²) < 4.78 is 0. The Morgan fingerprint density at radius 1 is 1.46 bits per heavy atom. The van der Waals surface area contributed by atoms with Gasteiger partial charge >= 0.3 is 0 Å². The van der Waals surface area contributed by atoms with E-state index in [9.17, 15) is 5.11 Å². The van der Waals surface area contributed by atoms with E-state index >= 15 is 0 Å². The van der Waals surface area contributed by atoms with Crippen molar-refractivity contribution in [2.75, 3.05) is 5.73 Å². The average Bonchev–Trinajstić information content (AvgIpc) is 2.15. The first kappa shape index (κ1) is 7.79. The number of hydrogen-bond donors (Lipinski definition) is 2. The highest BCUT2D eigenvalue weighted by Gasteiger charge is 2.07. The molecule has 2 rings (SSSR count). The van der Waals surface area contributed by atoms with Gasteiger partial charge in [-0.25, -0.2) is 9.97 Å². The molecule has 4 nitrogen and oxygen atoms in total. The molecule has 0 atom stereocenters. The van der Waals surface area contributed by atoms with Crippen LogP contribution in [0.2, 0.25) is 0 Å². The van der Waals surface area contributed by atoms with Gasteiger partial charge < -0.3 is 10.8 Å². The number of aromatic nitrogens is 2. The van der Waals surface area contributed by atoms with Gasteiger partial charge in [-0.05, 0) is 18.6 Å². The fourth-order valence-electron chi connectivity index (χ4n) is 1.32. The first-order chi connectivity index (χ1) is 6.20. The van der Waals surface area contributed by atoms with Crippen LogP contribution in [0.3, 0.4) is 0 Å². The second kappa shape index (κ2) is 2.58. The monoisotopic (exact) mass is 175 g/mol. The standard InChI is InChI=1S/C9H9N3O/c1-5-2-7(10)9(13)8-6(5)3-11-4-12-8/h2-4,13H,10H2,1H3. The zero-order valence-electron chi connectivity index (χ0n) is 7.15. The van der Waals surface area contributed by atoms with E-state index in [1.807, 2.05) is 6.92 Å². The lowest BCUT2D eigenvalue weighted by Crippen LogP contribution is -1.91. The van der Waals surface area contributed by atoms with Gasteiger partial charge in [0.05, 0.1) is 5.69 Å². The third kappa shape index (κ3) is 1.07. The first-order valence-electron chi connectivity index (χ1n) is 3.88. The van der Waals surface area contributed by atoms with Gasteiger partial charge in [-0.3, -0.25) is 0 Å². The summed E-state index contributed by atoms with van der Waals surface area (Å²) in [6, 6.07) is 1.71. The lowest BCUT2D eigenvalue weighted by atomic mass is 10.1. The Morgan fingerprint density at radius 2 is 2.23 bits per heavy atom. The largest absolute Gasteiger partial charge is 0.504 e. The van der Waals surface area contributed by atoms with Gasteiger partial charge in [-0.1, -0.05) is 0 Å². The number of fused-ring (bicyclic) bond motifs is 1. The summed E-state index contributed by atoms with van der Waals surface area (Å²) in [6.45, 7) is 1.90. The molecule has 1 aromatic carbocycles. The molecule has 0 saturated carbocycles. The molecular weight excluding hydrogens is 166 g/mol. The molecule has 1 heterocycles. The molecule has 13 heavy (non-hydrogen) atoms. The minimum Gasteiger partial charge on any atom is -0.504 e. The summed E-state index contributed by atoms with van der Waals surface area (Å²) >= 11 is 0. The van der Waals surface area contributed by atoms with Gasteiger partial charge in [-0.15, -0.1) is 0 Å². The van der Waals surface area contributed by atoms with Crippen molar-refractivity contribution in [1.82, 2.24) is 9.97 Å². The third-order valence-electron chi connectivity index (χ3n) is 2.01. The molecule has 4 heteroatoms. The van der Waals surface area contributed by atoms with Crippen LogP contribution in [0.25, 0.3) is 10.9 Å². The fraction of sp³-hybridized carbons (Fsp3) is 0.111.